The van der Waals surface area contributed by atoms with Crippen molar-refractivity contribution in [3.63, 3.8) is 0 Å². The van der Waals surface area contributed by atoms with Crippen molar-refractivity contribution < 1.29 is 17.9 Å². The Morgan fingerprint density at radius 3 is 2.39 bits per heavy atom. The van der Waals surface area contributed by atoms with Crippen molar-refractivity contribution in [1.82, 2.24) is 10.2 Å². The van der Waals surface area contributed by atoms with E-state index in [1.165, 1.54) is 18.3 Å². The Kier molecular flexibility index (Phi) is 7.14. The van der Waals surface area contributed by atoms with Gasteiger partial charge in [0, 0.05) is 10.6 Å². The minimum Gasteiger partial charge on any atom is -0.494 e. The molecule has 0 bridgehead atoms. The number of hydrogen-bond donors (Lipinski definition) is 1. The van der Waals surface area contributed by atoms with E-state index in [9.17, 15) is 13.2 Å². The first-order chi connectivity index (χ1) is 14.7. The predicted octanol–water partition coefficient (Wildman–Crippen LogP) is 4.05. The Bertz CT molecular complexity index is 1150. The largest absolute Gasteiger partial charge is 0.494 e. The molecule has 2 aromatic carbocycles. The van der Waals surface area contributed by atoms with E-state index < -0.39 is 22.0 Å². The maximum absolute atomic E-state index is 12.8. The molecule has 0 aliphatic heterocycles. The van der Waals surface area contributed by atoms with Gasteiger partial charge in [-0.05, 0) is 50.2 Å². The molecular weight excluding hydrogens is 460 g/mol. The second kappa shape index (κ2) is 9.63. The number of benzene rings is 2. The number of hydrogen-bond acceptors (Lipinski definition) is 7. The van der Waals surface area contributed by atoms with Gasteiger partial charge in [0.25, 0.3) is 0 Å². The summed E-state index contributed by atoms with van der Waals surface area (Å²) in [5.74, 6) is 0.0820. The summed E-state index contributed by atoms with van der Waals surface area (Å²) in [5.41, 5.74) is 1.16. The molecule has 0 radical (unpaired) electrons. The van der Waals surface area contributed by atoms with Gasteiger partial charge in [-0.3, -0.25) is 14.4 Å². The van der Waals surface area contributed by atoms with Crippen LogP contribution in [0.2, 0.25) is 5.02 Å². The molecular formula is C20H21ClN4O4S2. The zero-order chi connectivity index (χ0) is 22.6. The first-order valence-electron chi connectivity index (χ1n) is 9.31. The number of carbonyl (C=O) groups excluding carboxylic acids is 1. The average Bonchev–Trinajstić information content (AvgIpc) is 3.17. The molecule has 164 valence electrons. The molecule has 1 heterocycles. The molecule has 1 atom stereocenters. The van der Waals surface area contributed by atoms with Crippen LogP contribution in [-0.4, -0.2) is 43.4 Å². The van der Waals surface area contributed by atoms with Crippen LogP contribution in [0.3, 0.4) is 0 Å². The van der Waals surface area contributed by atoms with E-state index >= 15 is 0 Å². The van der Waals surface area contributed by atoms with Gasteiger partial charge in [0.05, 0.1) is 18.6 Å². The summed E-state index contributed by atoms with van der Waals surface area (Å²) < 4.78 is 31.3. The minimum atomic E-state index is -3.73. The highest BCUT2D eigenvalue weighted by Crippen LogP contribution is 2.28. The molecule has 3 aromatic rings. The standard InChI is InChI=1S/C20H21ClN4O4S2/c1-4-29-17-11-9-16(10-12-17)25(31(3,27)28)13(2)18(26)22-20-24-23-19(30-20)14-5-7-15(21)8-6-14/h5-13H,4H2,1-3H3,(H,22,24,26)/t13-/m1/s1. The fourth-order valence-electron chi connectivity index (χ4n) is 2.86. The smallest absolute Gasteiger partial charge is 0.249 e. The fraction of sp³-hybridized carbons (Fsp3) is 0.250. The molecule has 0 unspecified atom stereocenters. The molecule has 8 nitrogen and oxygen atoms in total. The van der Waals surface area contributed by atoms with Crippen LogP contribution < -0.4 is 14.4 Å². The van der Waals surface area contributed by atoms with Crippen LogP contribution in [0.1, 0.15) is 13.8 Å². The van der Waals surface area contributed by atoms with E-state index in [-0.39, 0.29) is 5.13 Å². The lowest BCUT2D eigenvalue weighted by Crippen LogP contribution is -2.45. The first kappa shape index (κ1) is 23.0. The van der Waals surface area contributed by atoms with Gasteiger partial charge in [-0.1, -0.05) is 35.1 Å². The van der Waals surface area contributed by atoms with Gasteiger partial charge in [0.2, 0.25) is 21.1 Å². The van der Waals surface area contributed by atoms with Crippen LogP contribution in [0, 0.1) is 0 Å². The van der Waals surface area contributed by atoms with E-state index in [2.05, 4.69) is 15.5 Å². The normalized spacial score (nSPS) is 12.3. The van der Waals surface area contributed by atoms with Crippen molar-refractivity contribution in [2.24, 2.45) is 0 Å². The number of rotatable bonds is 8. The number of anilines is 2. The third-order valence-corrected chi connectivity index (χ3v) is 6.62. The summed E-state index contributed by atoms with van der Waals surface area (Å²) in [6, 6.07) is 12.6. The van der Waals surface area contributed by atoms with Crippen LogP contribution in [0.5, 0.6) is 5.75 Å². The van der Waals surface area contributed by atoms with Crippen LogP contribution in [0.15, 0.2) is 48.5 Å². The Balaban J connectivity index is 1.78. The number of nitrogens with one attached hydrogen (secondary N) is 1. The molecule has 1 aromatic heterocycles. The van der Waals surface area contributed by atoms with E-state index in [0.717, 1.165) is 16.1 Å². The summed E-state index contributed by atoms with van der Waals surface area (Å²) in [7, 11) is -3.73. The van der Waals surface area contributed by atoms with Crippen molar-refractivity contribution in [1.29, 1.82) is 0 Å². The summed E-state index contributed by atoms with van der Waals surface area (Å²) in [5, 5.41) is 12.2. The topological polar surface area (TPSA) is 101 Å². The molecule has 31 heavy (non-hydrogen) atoms. The number of nitrogens with zero attached hydrogens (tertiary/aromatic N) is 3. The van der Waals surface area contributed by atoms with E-state index in [0.29, 0.717) is 28.1 Å². The van der Waals surface area contributed by atoms with Crippen molar-refractivity contribution in [3.05, 3.63) is 53.6 Å². The van der Waals surface area contributed by atoms with Crippen LogP contribution in [0.25, 0.3) is 10.6 Å². The Morgan fingerprint density at radius 2 is 1.81 bits per heavy atom. The molecule has 3 rings (SSSR count). The predicted molar refractivity (Wildman–Crippen MR) is 123 cm³/mol. The molecule has 0 aliphatic rings. The monoisotopic (exact) mass is 480 g/mol. The molecule has 0 fully saturated rings. The number of aromatic nitrogens is 2. The Morgan fingerprint density at radius 1 is 1.16 bits per heavy atom. The van der Waals surface area contributed by atoms with E-state index in [1.807, 2.05) is 6.92 Å². The summed E-state index contributed by atoms with van der Waals surface area (Å²) >= 11 is 7.08. The number of halogens is 1. The zero-order valence-corrected chi connectivity index (χ0v) is 19.5. The lowest BCUT2D eigenvalue weighted by atomic mass is 10.2. The lowest BCUT2D eigenvalue weighted by Gasteiger charge is -2.28. The Labute approximate surface area is 189 Å². The third-order valence-electron chi connectivity index (χ3n) is 4.24. The molecule has 11 heteroatoms. The van der Waals surface area contributed by atoms with E-state index in [4.69, 9.17) is 16.3 Å². The highest BCUT2D eigenvalue weighted by Gasteiger charge is 2.29. The van der Waals surface area contributed by atoms with Gasteiger partial charge in [0.15, 0.2) is 0 Å². The zero-order valence-electron chi connectivity index (χ0n) is 17.1. The summed E-state index contributed by atoms with van der Waals surface area (Å²) in [4.78, 5) is 12.8. The third kappa shape index (κ3) is 5.72. The average molecular weight is 481 g/mol. The van der Waals surface area contributed by atoms with Crippen molar-refractivity contribution in [2.75, 3.05) is 22.5 Å². The summed E-state index contributed by atoms with van der Waals surface area (Å²) in [6.45, 7) is 3.86. The van der Waals surface area contributed by atoms with Crippen molar-refractivity contribution >= 4 is 49.7 Å². The summed E-state index contributed by atoms with van der Waals surface area (Å²) in [6.07, 6.45) is 1.05. The highest BCUT2D eigenvalue weighted by molar-refractivity contribution is 7.92. The second-order valence-electron chi connectivity index (χ2n) is 6.57. The second-order valence-corrected chi connectivity index (χ2v) is 9.84. The van der Waals surface area contributed by atoms with Gasteiger partial charge in [0.1, 0.15) is 16.8 Å². The number of carbonyl (C=O) groups is 1. The highest BCUT2D eigenvalue weighted by atomic mass is 35.5. The lowest BCUT2D eigenvalue weighted by molar-refractivity contribution is -0.116. The molecule has 1 N–H and O–H groups in total. The number of sulfonamides is 1. The van der Waals surface area contributed by atoms with Crippen LogP contribution in [0.4, 0.5) is 10.8 Å². The minimum absolute atomic E-state index is 0.266. The number of amides is 1. The van der Waals surface area contributed by atoms with Gasteiger partial charge in [-0.2, -0.15) is 0 Å². The fourth-order valence-corrected chi connectivity index (χ4v) is 4.91. The van der Waals surface area contributed by atoms with Gasteiger partial charge in [-0.15, -0.1) is 10.2 Å². The van der Waals surface area contributed by atoms with Crippen LogP contribution in [-0.2, 0) is 14.8 Å². The van der Waals surface area contributed by atoms with Gasteiger partial charge < -0.3 is 4.74 Å². The molecule has 0 spiro atoms. The Hall–Kier alpha value is -2.69. The quantitative estimate of drug-likeness (QED) is 0.522. The SMILES string of the molecule is CCOc1ccc(N([C@H](C)C(=O)Nc2nnc(-c3ccc(Cl)cc3)s2)S(C)(=O)=O)cc1. The molecule has 0 saturated heterocycles. The maximum Gasteiger partial charge on any atom is 0.249 e. The first-order valence-corrected chi connectivity index (χ1v) is 12.4. The van der Waals surface area contributed by atoms with Gasteiger partial charge in [-0.25, -0.2) is 8.42 Å². The van der Waals surface area contributed by atoms with Gasteiger partial charge >= 0.3 is 0 Å². The van der Waals surface area contributed by atoms with Crippen molar-refractivity contribution in [2.45, 2.75) is 19.9 Å². The van der Waals surface area contributed by atoms with Crippen LogP contribution >= 0.6 is 22.9 Å². The van der Waals surface area contributed by atoms with Crippen molar-refractivity contribution in [3.8, 4) is 16.3 Å². The van der Waals surface area contributed by atoms with E-state index in [1.54, 1.807) is 48.5 Å². The molecule has 0 aliphatic carbocycles. The maximum atomic E-state index is 12.8. The molecule has 0 saturated carbocycles. The number of ether oxygens (including phenoxy) is 1. The molecule has 1 amide bonds.